The Kier molecular flexibility index (Phi) is 10.8. The number of likely N-dealkylation sites (N-methyl/N-ethyl adjacent to an activating group) is 2. The molecule has 3 rings (SSSR count). The summed E-state index contributed by atoms with van der Waals surface area (Å²) in [6.45, 7) is 3.77. The van der Waals surface area contributed by atoms with Crippen molar-refractivity contribution in [2.24, 2.45) is 5.73 Å². The molecule has 3 aromatic carbocycles. The van der Waals surface area contributed by atoms with Gasteiger partial charge in [0.25, 0.3) is 5.91 Å². The molecule has 0 unspecified atom stereocenters. The smallest absolute Gasteiger partial charge is 0.257 e. The molecule has 0 aliphatic rings. The summed E-state index contributed by atoms with van der Waals surface area (Å²) in [5, 5.41) is 3.71. The predicted molar refractivity (Wildman–Crippen MR) is 165 cm³/mol. The zero-order valence-corrected chi connectivity index (χ0v) is 25.0. The minimum absolute atomic E-state index is 0.291. The van der Waals surface area contributed by atoms with Crippen LogP contribution >= 0.6 is 0 Å². The first kappa shape index (κ1) is 31.5. The van der Waals surface area contributed by atoms with E-state index in [0.29, 0.717) is 19.3 Å². The van der Waals surface area contributed by atoms with Crippen molar-refractivity contribution in [3.05, 3.63) is 96.1 Å². The summed E-state index contributed by atoms with van der Waals surface area (Å²) >= 11 is 0. The molecule has 0 radical (unpaired) electrons. The van der Waals surface area contributed by atoms with Gasteiger partial charge < -0.3 is 15.5 Å². The molecule has 41 heavy (non-hydrogen) atoms. The van der Waals surface area contributed by atoms with E-state index >= 15 is 0 Å². The molecule has 2 atom stereocenters. The number of nitrogens with two attached hydrogens (primary N) is 1. The maximum atomic E-state index is 14.2. The van der Waals surface area contributed by atoms with Gasteiger partial charge in [-0.25, -0.2) is 5.01 Å². The number of hydrogen-bond donors (Lipinski definition) is 2. The highest BCUT2D eigenvalue weighted by molar-refractivity contribution is 5.95. The molecule has 0 heterocycles. The van der Waals surface area contributed by atoms with E-state index in [1.807, 2.05) is 86.6 Å². The molecule has 8 heteroatoms. The van der Waals surface area contributed by atoms with Crippen LogP contribution in [0.5, 0.6) is 0 Å². The maximum Gasteiger partial charge on any atom is 0.257 e. The van der Waals surface area contributed by atoms with Gasteiger partial charge in [-0.2, -0.15) is 0 Å². The van der Waals surface area contributed by atoms with E-state index in [-0.39, 0.29) is 17.7 Å². The number of carbonyl (C=O) groups is 3. The van der Waals surface area contributed by atoms with Crippen LogP contribution in [-0.2, 0) is 27.2 Å². The highest BCUT2D eigenvalue weighted by atomic mass is 16.2. The molecule has 0 fully saturated rings. The molecule has 0 spiro atoms. The second-order valence-electron chi connectivity index (χ2n) is 11.5. The van der Waals surface area contributed by atoms with Gasteiger partial charge in [0.2, 0.25) is 11.8 Å². The van der Waals surface area contributed by atoms with Crippen LogP contribution < -0.4 is 11.2 Å². The molecular formula is C33H43N5O3. The summed E-state index contributed by atoms with van der Waals surface area (Å²) in [6.07, 6.45) is 4.34. The number of rotatable bonds is 12. The van der Waals surface area contributed by atoms with Crippen LogP contribution in [0.2, 0.25) is 0 Å². The van der Waals surface area contributed by atoms with Gasteiger partial charge in [0, 0.05) is 46.6 Å². The average Bonchev–Trinajstić information content (AvgIpc) is 2.92. The van der Waals surface area contributed by atoms with Crippen LogP contribution in [0.25, 0.3) is 10.8 Å². The highest BCUT2D eigenvalue weighted by Crippen LogP contribution is 2.20. The minimum atomic E-state index is -0.838. The Bertz CT molecular complexity index is 1360. The van der Waals surface area contributed by atoms with E-state index in [2.05, 4.69) is 5.43 Å². The zero-order valence-electron chi connectivity index (χ0n) is 25.0. The van der Waals surface area contributed by atoms with Crippen molar-refractivity contribution >= 4 is 28.5 Å². The monoisotopic (exact) mass is 557 g/mol. The maximum absolute atomic E-state index is 14.2. The van der Waals surface area contributed by atoms with Gasteiger partial charge >= 0.3 is 0 Å². The number of nitrogens with one attached hydrogen (secondary N) is 1. The Morgan fingerprint density at radius 2 is 1.41 bits per heavy atom. The molecule has 3 N–H and O–H groups in total. The summed E-state index contributed by atoms with van der Waals surface area (Å²) < 4.78 is 0. The first-order chi connectivity index (χ1) is 19.4. The second-order valence-corrected chi connectivity index (χ2v) is 11.5. The zero-order chi connectivity index (χ0) is 30.2. The Morgan fingerprint density at radius 1 is 0.805 bits per heavy atom. The number of hydrogen-bond acceptors (Lipinski definition) is 5. The van der Waals surface area contributed by atoms with E-state index in [1.165, 1.54) is 15.9 Å². The molecule has 0 bridgehead atoms. The number of benzene rings is 3. The van der Waals surface area contributed by atoms with Crippen molar-refractivity contribution in [1.29, 1.82) is 0 Å². The SMILES string of the molecule is CN(C)NC(=O)[C@@H](Cc1ccccc1)N(C)C(=O)[C@@H](Cc1ccc2ccccc2c1)N(C)C(=O)C=CCC(C)(C)N. The fourth-order valence-corrected chi connectivity index (χ4v) is 4.64. The topological polar surface area (TPSA) is 99.0 Å². The fraction of sp³-hybridized carbons (Fsp3) is 0.364. The molecule has 218 valence electrons. The third-order valence-corrected chi connectivity index (χ3v) is 6.97. The van der Waals surface area contributed by atoms with E-state index in [4.69, 9.17) is 5.73 Å². The molecule has 0 aromatic heterocycles. The Morgan fingerprint density at radius 3 is 2.05 bits per heavy atom. The van der Waals surface area contributed by atoms with Gasteiger partial charge in [-0.15, -0.1) is 0 Å². The largest absolute Gasteiger partial charge is 0.332 e. The normalized spacial score (nSPS) is 13.3. The lowest BCUT2D eigenvalue weighted by atomic mass is 9.98. The molecule has 0 aliphatic carbocycles. The molecule has 3 aromatic rings. The van der Waals surface area contributed by atoms with Crippen LogP contribution in [-0.4, -0.2) is 78.3 Å². The van der Waals surface area contributed by atoms with Gasteiger partial charge in [-0.1, -0.05) is 78.9 Å². The van der Waals surface area contributed by atoms with E-state index < -0.39 is 17.6 Å². The van der Waals surface area contributed by atoms with Crippen LogP contribution in [0.3, 0.4) is 0 Å². The number of hydrazine groups is 1. The van der Waals surface area contributed by atoms with E-state index in [0.717, 1.165) is 21.9 Å². The number of carbonyl (C=O) groups excluding carboxylic acids is 3. The summed E-state index contributed by atoms with van der Waals surface area (Å²) in [5.41, 5.74) is 10.3. The molecule has 0 aliphatic heterocycles. The Hall–Kier alpha value is -4.01. The van der Waals surface area contributed by atoms with Crippen molar-refractivity contribution in [2.45, 2.75) is 50.7 Å². The minimum Gasteiger partial charge on any atom is -0.332 e. The molecule has 0 saturated carbocycles. The summed E-state index contributed by atoms with van der Waals surface area (Å²) in [6, 6.07) is 22.0. The van der Waals surface area contributed by atoms with Crippen molar-refractivity contribution in [3.8, 4) is 0 Å². The quantitative estimate of drug-likeness (QED) is 0.262. The highest BCUT2D eigenvalue weighted by Gasteiger charge is 2.35. The number of fused-ring (bicyclic) bond motifs is 1. The van der Waals surface area contributed by atoms with Crippen LogP contribution in [0.15, 0.2) is 84.9 Å². The molecule has 0 saturated heterocycles. The second kappa shape index (κ2) is 14.1. The van der Waals surface area contributed by atoms with Crippen molar-refractivity contribution in [3.63, 3.8) is 0 Å². The standard InChI is InChI=1S/C33H43N5O3/c1-33(2,34)20-12-17-30(39)37(5)29(23-25-18-19-26-15-10-11-16-27(26)21-25)32(41)38(6)28(31(40)35-36(3)4)22-24-13-8-7-9-14-24/h7-19,21,28-29H,20,22-23,34H2,1-6H3,(H,35,40)/t28-,29-/m1/s1. The van der Waals surface area contributed by atoms with Crippen LogP contribution in [0.4, 0.5) is 0 Å². The third-order valence-electron chi connectivity index (χ3n) is 6.97. The Labute approximate surface area is 243 Å². The summed E-state index contributed by atoms with van der Waals surface area (Å²) in [4.78, 5) is 43.7. The number of amides is 3. The lowest BCUT2D eigenvalue weighted by Gasteiger charge is -2.34. The summed E-state index contributed by atoms with van der Waals surface area (Å²) in [5.74, 6) is -0.936. The van der Waals surface area contributed by atoms with Crippen LogP contribution in [0.1, 0.15) is 31.4 Å². The van der Waals surface area contributed by atoms with Gasteiger partial charge in [-0.05, 0) is 48.2 Å². The fourth-order valence-electron chi connectivity index (χ4n) is 4.64. The number of nitrogens with zero attached hydrogens (tertiary/aromatic N) is 3. The van der Waals surface area contributed by atoms with Crippen LogP contribution in [0, 0.1) is 0 Å². The predicted octanol–water partition coefficient (Wildman–Crippen LogP) is 3.56. The van der Waals surface area contributed by atoms with Gasteiger partial charge in [0.15, 0.2) is 0 Å². The lowest BCUT2D eigenvalue weighted by molar-refractivity contribution is -0.147. The van der Waals surface area contributed by atoms with Crippen molar-refractivity contribution in [1.82, 2.24) is 20.2 Å². The summed E-state index contributed by atoms with van der Waals surface area (Å²) in [7, 11) is 6.71. The Balaban J connectivity index is 1.95. The van der Waals surface area contributed by atoms with Gasteiger partial charge in [0.1, 0.15) is 12.1 Å². The van der Waals surface area contributed by atoms with E-state index in [9.17, 15) is 14.4 Å². The molecule has 8 nitrogen and oxygen atoms in total. The molecular weight excluding hydrogens is 514 g/mol. The van der Waals surface area contributed by atoms with Crippen molar-refractivity contribution in [2.75, 3.05) is 28.2 Å². The molecule has 3 amide bonds. The van der Waals surface area contributed by atoms with Gasteiger partial charge in [-0.3, -0.25) is 19.8 Å². The first-order valence-electron chi connectivity index (χ1n) is 13.8. The van der Waals surface area contributed by atoms with E-state index in [1.54, 1.807) is 39.3 Å². The third kappa shape index (κ3) is 9.27. The lowest BCUT2D eigenvalue weighted by Crippen LogP contribution is -2.57. The van der Waals surface area contributed by atoms with Gasteiger partial charge in [0.05, 0.1) is 0 Å². The van der Waals surface area contributed by atoms with Crippen molar-refractivity contribution < 1.29 is 14.4 Å². The first-order valence-corrected chi connectivity index (χ1v) is 13.8. The average molecular weight is 558 g/mol.